The Hall–Kier alpha value is -3.73. The molecule has 0 amide bonds. The maximum Gasteiger partial charge on any atom is 0.175 e. The van der Waals surface area contributed by atoms with E-state index in [1.165, 1.54) is 0 Å². The number of hydrogen-bond donors (Lipinski definition) is 3. The molecule has 0 unspecified atom stereocenters. The molecule has 1 aromatic heterocycles. The summed E-state index contributed by atoms with van der Waals surface area (Å²) in [6.07, 6.45) is 0. The second kappa shape index (κ2) is 6.29. The fourth-order valence-electron chi connectivity index (χ4n) is 2.88. The third-order valence-corrected chi connectivity index (χ3v) is 4.08. The minimum absolute atomic E-state index is 0.120. The van der Waals surface area contributed by atoms with E-state index in [9.17, 15) is 15.3 Å². The van der Waals surface area contributed by atoms with Crippen molar-refractivity contribution in [3.63, 3.8) is 0 Å². The van der Waals surface area contributed by atoms with E-state index >= 15 is 0 Å². The van der Waals surface area contributed by atoms with E-state index in [1.807, 2.05) is 12.1 Å². The lowest BCUT2D eigenvalue weighted by molar-refractivity contribution is 0.434. The van der Waals surface area contributed by atoms with Crippen LogP contribution >= 0.6 is 0 Å². The quantitative estimate of drug-likeness (QED) is 0.497. The lowest BCUT2D eigenvalue weighted by atomic mass is 9.96. The molecule has 0 saturated heterocycles. The Bertz CT molecular complexity index is 1000. The van der Waals surface area contributed by atoms with Crippen LogP contribution in [0.5, 0.6) is 17.2 Å². The van der Waals surface area contributed by atoms with E-state index in [0.717, 1.165) is 5.56 Å². The molecule has 0 saturated carbocycles. The number of aromatic nitrogens is 1. The van der Waals surface area contributed by atoms with Gasteiger partial charge < -0.3 is 19.8 Å². The van der Waals surface area contributed by atoms with Crippen molar-refractivity contribution < 1.29 is 19.8 Å². The minimum atomic E-state index is 0.120. The zero-order chi connectivity index (χ0) is 18.1. The molecule has 1 heterocycles. The molecule has 0 bridgehead atoms. The molecule has 5 heteroatoms. The Morgan fingerprint density at radius 1 is 0.615 bits per heavy atom. The Morgan fingerprint density at radius 2 is 1.23 bits per heavy atom. The van der Waals surface area contributed by atoms with Gasteiger partial charge in [0.25, 0.3) is 0 Å². The molecule has 26 heavy (non-hydrogen) atoms. The molecular weight excluding hydrogens is 330 g/mol. The van der Waals surface area contributed by atoms with Gasteiger partial charge in [0, 0.05) is 11.1 Å². The average Bonchev–Trinajstić information content (AvgIpc) is 3.07. The lowest BCUT2D eigenvalue weighted by Crippen LogP contribution is -1.85. The highest BCUT2D eigenvalue weighted by Gasteiger charge is 2.21. The molecule has 0 radical (unpaired) electrons. The molecule has 0 atom stereocenters. The van der Waals surface area contributed by atoms with Crippen LogP contribution in [0.15, 0.2) is 77.3 Å². The van der Waals surface area contributed by atoms with Crippen molar-refractivity contribution in [1.29, 1.82) is 0 Å². The first-order valence-corrected chi connectivity index (χ1v) is 8.00. The van der Waals surface area contributed by atoms with Crippen LogP contribution in [0, 0.1) is 0 Å². The van der Waals surface area contributed by atoms with Gasteiger partial charge in [0.15, 0.2) is 5.76 Å². The summed E-state index contributed by atoms with van der Waals surface area (Å²) in [5.74, 6) is 0.892. The number of rotatable bonds is 3. The summed E-state index contributed by atoms with van der Waals surface area (Å²) in [5, 5.41) is 33.4. The van der Waals surface area contributed by atoms with Crippen molar-refractivity contribution in [3.05, 3.63) is 72.8 Å². The third-order valence-electron chi connectivity index (χ3n) is 4.08. The molecule has 4 aromatic rings. The number of hydrogen-bond acceptors (Lipinski definition) is 5. The van der Waals surface area contributed by atoms with Crippen LogP contribution in [0.1, 0.15) is 0 Å². The number of nitrogens with zero attached hydrogens (tertiary/aromatic N) is 1. The van der Waals surface area contributed by atoms with Crippen LogP contribution in [0.3, 0.4) is 0 Å². The predicted octanol–water partition coefficient (Wildman–Crippen LogP) is 4.79. The van der Waals surface area contributed by atoms with Gasteiger partial charge in [0.1, 0.15) is 22.9 Å². The Morgan fingerprint density at radius 3 is 1.88 bits per heavy atom. The van der Waals surface area contributed by atoms with Crippen molar-refractivity contribution >= 4 is 0 Å². The summed E-state index contributed by atoms with van der Waals surface area (Å²) >= 11 is 0. The Labute approximate surface area is 149 Å². The first-order chi connectivity index (χ1) is 12.6. The largest absolute Gasteiger partial charge is 0.508 e. The number of aromatic hydroxyl groups is 3. The van der Waals surface area contributed by atoms with Crippen LogP contribution in [0.25, 0.3) is 33.7 Å². The third kappa shape index (κ3) is 2.86. The van der Waals surface area contributed by atoms with Crippen LogP contribution in [-0.2, 0) is 0 Å². The number of phenolic OH excluding ortho intramolecular Hbond substituents is 3. The summed E-state index contributed by atoms with van der Waals surface area (Å²) in [5.41, 5.74) is 3.43. The number of benzene rings is 3. The van der Waals surface area contributed by atoms with Gasteiger partial charge in [-0.3, -0.25) is 0 Å². The van der Waals surface area contributed by atoms with Gasteiger partial charge in [0.05, 0.1) is 5.56 Å². The molecule has 128 valence electrons. The molecule has 5 nitrogen and oxygen atoms in total. The van der Waals surface area contributed by atoms with Gasteiger partial charge >= 0.3 is 0 Å². The SMILES string of the molecule is Oc1ccc(-c2c(-c3cccc(O)c3)noc2-c2cccc(O)c2)cc1. The van der Waals surface area contributed by atoms with Gasteiger partial charge in [-0.05, 0) is 42.0 Å². The summed E-state index contributed by atoms with van der Waals surface area (Å²) in [4.78, 5) is 0. The van der Waals surface area contributed by atoms with Gasteiger partial charge in [-0.15, -0.1) is 0 Å². The molecular formula is C21H15NO4. The average molecular weight is 345 g/mol. The molecule has 0 aliphatic rings. The fraction of sp³-hybridized carbons (Fsp3) is 0. The van der Waals surface area contributed by atoms with Crippen molar-refractivity contribution in [3.8, 4) is 51.0 Å². The Kier molecular flexibility index (Phi) is 3.82. The lowest BCUT2D eigenvalue weighted by Gasteiger charge is -2.06. The summed E-state index contributed by atoms with van der Waals surface area (Å²) in [7, 11) is 0. The monoisotopic (exact) mass is 345 g/mol. The van der Waals surface area contributed by atoms with E-state index in [0.29, 0.717) is 28.1 Å². The first-order valence-electron chi connectivity index (χ1n) is 8.00. The van der Waals surface area contributed by atoms with E-state index in [2.05, 4.69) is 5.16 Å². The maximum atomic E-state index is 9.81. The summed E-state index contributed by atoms with van der Waals surface area (Å²) in [6, 6.07) is 20.2. The van der Waals surface area contributed by atoms with Gasteiger partial charge in [0.2, 0.25) is 0 Å². The van der Waals surface area contributed by atoms with Gasteiger partial charge in [-0.25, -0.2) is 0 Å². The van der Waals surface area contributed by atoms with Crippen LogP contribution in [-0.4, -0.2) is 20.5 Å². The highest BCUT2D eigenvalue weighted by atomic mass is 16.5. The highest BCUT2D eigenvalue weighted by Crippen LogP contribution is 2.41. The van der Waals surface area contributed by atoms with Crippen molar-refractivity contribution in [2.75, 3.05) is 0 Å². The Balaban J connectivity index is 1.97. The molecule has 0 aliphatic heterocycles. The van der Waals surface area contributed by atoms with Crippen LogP contribution in [0.2, 0.25) is 0 Å². The van der Waals surface area contributed by atoms with E-state index < -0.39 is 0 Å². The van der Waals surface area contributed by atoms with Gasteiger partial charge in [-0.2, -0.15) is 0 Å². The zero-order valence-electron chi connectivity index (χ0n) is 13.6. The van der Waals surface area contributed by atoms with Crippen LogP contribution in [0.4, 0.5) is 0 Å². The molecule has 3 aromatic carbocycles. The first kappa shape index (κ1) is 15.8. The van der Waals surface area contributed by atoms with Crippen molar-refractivity contribution in [1.82, 2.24) is 5.16 Å². The summed E-state index contributed by atoms with van der Waals surface area (Å²) in [6.45, 7) is 0. The second-order valence-corrected chi connectivity index (χ2v) is 5.88. The molecule has 4 rings (SSSR count). The minimum Gasteiger partial charge on any atom is -0.508 e. The van der Waals surface area contributed by atoms with Crippen molar-refractivity contribution in [2.24, 2.45) is 0 Å². The number of phenols is 3. The standard InChI is InChI=1S/C21H15NO4/c23-16-9-7-13(8-10-16)19-20(14-3-1-5-17(24)11-14)22-26-21(19)15-4-2-6-18(25)12-15/h1-12,23-25H. The van der Waals surface area contributed by atoms with Gasteiger partial charge in [-0.1, -0.05) is 41.6 Å². The van der Waals surface area contributed by atoms with E-state index in [4.69, 9.17) is 4.52 Å². The molecule has 0 spiro atoms. The zero-order valence-corrected chi connectivity index (χ0v) is 13.6. The highest BCUT2D eigenvalue weighted by molar-refractivity contribution is 5.90. The predicted molar refractivity (Wildman–Crippen MR) is 97.8 cm³/mol. The second-order valence-electron chi connectivity index (χ2n) is 5.88. The summed E-state index contributed by atoms with van der Waals surface area (Å²) < 4.78 is 5.61. The molecule has 0 aliphatic carbocycles. The topological polar surface area (TPSA) is 86.7 Å². The van der Waals surface area contributed by atoms with E-state index in [-0.39, 0.29) is 17.2 Å². The normalized spacial score (nSPS) is 10.8. The maximum absolute atomic E-state index is 9.81. The van der Waals surface area contributed by atoms with E-state index in [1.54, 1.807) is 60.7 Å². The smallest absolute Gasteiger partial charge is 0.175 e. The van der Waals surface area contributed by atoms with Crippen LogP contribution < -0.4 is 0 Å². The molecule has 0 fully saturated rings. The van der Waals surface area contributed by atoms with Crippen molar-refractivity contribution in [2.45, 2.75) is 0 Å². The fourth-order valence-corrected chi connectivity index (χ4v) is 2.88. The molecule has 3 N–H and O–H groups in total.